The van der Waals surface area contributed by atoms with Crippen LogP contribution < -0.4 is 9.64 Å². The van der Waals surface area contributed by atoms with Gasteiger partial charge in [-0.25, -0.2) is 4.98 Å². The standard InChI is InChI=1S/C27H27IN4O4/c1-4-5-24(33)32(22-12-15(2)20(28)14-19(22)16-6-7-16)23-11-10-21-25(29-23)26(30-31(21)3)36-18-9-8-17(13-18)27(34)35/h10-12,14,16-18H,6-9,13H2,1-3H3,(H,34,35)/t17?,18-/m0/s1. The van der Waals surface area contributed by atoms with E-state index >= 15 is 0 Å². The van der Waals surface area contributed by atoms with Gasteiger partial charge in [-0.15, -0.1) is 5.10 Å². The molecule has 0 bridgehead atoms. The van der Waals surface area contributed by atoms with E-state index in [1.54, 1.807) is 16.5 Å². The summed E-state index contributed by atoms with van der Waals surface area (Å²) in [6, 6.07) is 7.89. The zero-order valence-electron chi connectivity index (χ0n) is 20.4. The first-order valence-corrected chi connectivity index (χ1v) is 13.1. The van der Waals surface area contributed by atoms with Gasteiger partial charge in [0.05, 0.1) is 17.1 Å². The molecule has 0 aliphatic heterocycles. The molecule has 0 spiro atoms. The molecule has 1 aromatic carbocycles. The van der Waals surface area contributed by atoms with Gasteiger partial charge in [0.2, 0.25) is 0 Å². The molecule has 1 unspecified atom stereocenters. The first-order valence-electron chi connectivity index (χ1n) is 12.1. The van der Waals surface area contributed by atoms with Crippen LogP contribution in [0.15, 0.2) is 24.3 Å². The summed E-state index contributed by atoms with van der Waals surface area (Å²) >= 11 is 2.34. The Labute approximate surface area is 223 Å². The average molecular weight is 598 g/mol. The summed E-state index contributed by atoms with van der Waals surface area (Å²) in [5.41, 5.74) is 4.31. The number of halogens is 1. The molecule has 8 nitrogen and oxygen atoms in total. The van der Waals surface area contributed by atoms with Crippen LogP contribution in [0, 0.1) is 28.3 Å². The smallest absolute Gasteiger partial charge is 0.308 e. The maximum Gasteiger partial charge on any atom is 0.308 e. The maximum absolute atomic E-state index is 13.3. The summed E-state index contributed by atoms with van der Waals surface area (Å²) in [6.45, 7) is 3.68. The fourth-order valence-electron chi connectivity index (χ4n) is 4.83. The van der Waals surface area contributed by atoms with Crippen molar-refractivity contribution in [3.05, 3.63) is 39.0 Å². The molecule has 1 amide bonds. The van der Waals surface area contributed by atoms with Gasteiger partial charge in [-0.05, 0) is 116 Å². The van der Waals surface area contributed by atoms with Crippen molar-refractivity contribution in [3.63, 3.8) is 0 Å². The Morgan fingerprint density at radius 1 is 1.22 bits per heavy atom. The monoisotopic (exact) mass is 598 g/mol. The van der Waals surface area contributed by atoms with E-state index in [0.717, 1.165) is 38.7 Å². The van der Waals surface area contributed by atoms with E-state index in [1.165, 1.54) is 0 Å². The molecule has 0 radical (unpaired) electrons. The van der Waals surface area contributed by atoms with Crippen molar-refractivity contribution in [2.45, 2.75) is 58.0 Å². The molecule has 2 fully saturated rings. The lowest BCUT2D eigenvalue weighted by atomic mass is 10.0. The van der Waals surface area contributed by atoms with E-state index in [4.69, 9.17) is 9.72 Å². The number of anilines is 2. The van der Waals surface area contributed by atoms with Crippen molar-refractivity contribution in [1.82, 2.24) is 14.8 Å². The van der Waals surface area contributed by atoms with Crippen molar-refractivity contribution in [2.24, 2.45) is 13.0 Å². The fourth-order valence-corrected chi connectivity index (χ4v) is 5.32. The number of pyridine rings is 1. The topological polar surface area (TPSA) is 97.6 Å². The van der Waals surface area contributed by atoms with Gasteiger partial charge in [0.1, 0.15) is 11.9 Å². The molecule has 9 heteroatoms. The van der Waals surface area contributed by atoms with Gasteiger partial charge in [0, 0.05) is 10.6 Å². The van der Waals surface area contributed by atoms with Gasteiger partial charge in [0.25, 0.3) is 5.88 Å². The largest absolute Gasteiger partial charge is 0.481 e. The molecule has 2 atom stereocenters. The number of aliphatic carboxylic acids is 1. The van der Waals surface area contributed by atoms with Crippen LogP contribution in [0.25, 0.3) is 11.0 Å². The summed E-state index contributed by atoms with van der Waals surface area (Å²) in [4.78, 5) is 31.2. The van der Waals surface area contributed by atoms with Gasteiger partial charge in [-0.1, -0.05) is 5.92 Å². The number of carbonyl (C=O) groups excluding carboxylic acids is 1. The highest BCUT2D eigenvalue weighted by atomic mass is 127. The van der Waals surface area contributed by atoms with Crippen molar-refractivity contribution >= 4 is 57.0 Å². The Morgan fingerprint density at radius 2 is 2.00 bits per heavy atom. The predicted octanol–water partition coefficient (Wildman–Crippen LogP) is 5.08. The van der Waals surface area contributed by atoms with Crippen LogP contribution in [0.4, 0.5) is 11.5 Å². The highest BCUT2D eigenvalue weighted by molar-refractivity contribution is 14.1. The number of amides is 1. The number of benzene rings is 1. The number of carbonyl (C=O) groups is 2. The number of rotatable bonds is 6. The Balaban J connectivity index is 1.58. The highest BCUT2D eigenvalue weighted by Gasteiger charge is 2.33. The molecule has 1 N–H and O–H groups in total. The fraction of sp³-hybridized carbons (Fsp3) is 0.407. The van der Waals surface area contributed by atoms with Crippen molar-refractivity contribution in [1.29, 1.82) is 0 Å². The number of fused-ring (bicyclic) bond motifs is 1. The molecular formula is C27H27IN4O4. The normalized spacial score (nSPS) is 19.1. The molecule has 2 aliphatic rings. The van der Waals surface area contributed by atoms with Crippen molar-refractivity contribution in [3.8, 4) is 17.7 Å². The highest BCUT2D eigenvalue weighted by Crippen LogP contribution is 2.47. The summed E-state index contributed by atoms with van der Waals surface area (Å²) in [7, 11) is 1.81. The molecular weight excluding hydrogens is 571 g/mol. The SMILES string of the molecule is CC#CC(=O)N(c1ccc2c(n1)c(O[C@H]1CCC(C(=O)O)C1)nn2C)c1cc(C)c(I)cc1C1CC1. The number of hydrogen-bond donors (Lipinski definition) is 1. The van der Waals surface area contributed by atoms with Gasteiger partial charge in [0.15, 0.2) is 5.52 Å². The predicted molar refractivity (Wildman–Crippen MR) is 144 cm³/mol. The van der Waals surface area contributed by atoms with E-state index in [-0.39, 0.29) is 12.0 Å². The Kier molecular flexibility index (Phi) is 6.64. The number of nitrogens with zero attached hydrogens (tertiary/aromatic N) is 4. The Morgan fingerprint density at radius 3 is 2.67 bits per heavy atom. The first-order chi connectivity index (χ1) is 17.3. The number of carboxylic acid groups (broad SMARTS) is 1. The molecule has 186 valence electrons. The van der Waals surface area contributed by atoms with Gasteiger partial charge < -0.3 is 9.84 Å². The second-order valence-corrected chi connectivity index (χ2v) is 10.7. The lowest BCUT2D eigenvalue weighted by molar-refractivity contribution is -0.141. The molecule has 2 saturated carbocycles. The molecule has 0 saturated heterocycles. The summed E-state index contributed by atoms with van der Waals surface area (Å²) in [5.74, 6) is 5.10. The minimum absolute atomic E-state index is 0.237. The number of aromatic nitrogens is 3. The van der Waals surface area contributed by atoms with E-state index in [2.05, 4.69) is 45.6 Å². The van der Waals surface area contributed by atoms with Crippen LogP contribution in [-0.2, 0) is 16.6 Å². The average Bonchev–Trinajstić information content (AvgIpc) is 3.50. The van der Waals surface area contributed by atoms with Gasteiger partial charge >= 0.3 is 11.9 Å². The molecule has 5 rings (SSSR count). The Bertz CT molecular complexity index is 1430. The van der Waals surface area contributed by atoms with E-state index in [1.807, 2.05) is 32.2 Å². The second kappa shape index (κ2) is 9.73. The number of aryl methyl sites for hydroxylation is 2. The second-order valence-electron chi connectivity index (χ2n) is 9.50. The van der Waals surface area contributed by atoms with Crippen LogP contribution in [0.5, 0.6) is 5.88 Å². The summed E-state index contributed by atoms with van der Waals surface area (Å²) in [6.07, 6.45) is 3.63. The van der Waals surface area contributed by atoms with Crippen LogP contribution in [0.3, 0.4) is 0 Å². The van der Waals surface area contributed by atoms with Crippen molar-refractivity contribution < 1.29 is 19.4 Å². The zero-order chi connectivity index (χ0) is 25.6. The number of ether oxygens (including phenoxy) is 1. The Hall–Kier alpha value is -3.13. The molecule has 2 aliphatic carbocycles. The molecule has 3 aromatic rings. The molecule has 2 heterocycles. The summed E-state index contributed by atoms with van der Waals surface area (Å²) in [5, 5.41) is 13.9. The minimum Gasteiger partial charge on any atom is -0.481 e. The van der Waals surface area contributed by atoms with Crippen LogP contribution in [0.2, 0.25) is 0 Å². The minimum atomic E-state index is -0.794. The van der Waals surface area contributed by atoms with E-state index in [0.29, 0.717) is 42.4 Å². The van der Waals surface area contributed by atoms with Crippen molar-refractivity contribution in [2.75, 3.05) is 4.90 Å². The third-order valence-corrected chi connectivity index (χ3v) is 8.06. The maximum atomic E-state index is 13.3. The first kappa shape index (κ1) is 24.6. The molecule has 2 aromatic heterocycles. The quantitative estimate of drug-likeness (QED) is 0.314. The van der Waals surface area contributed by atoms with E-state index < -0.39 is 11.9 Å². The third-order valence-electron chi connectivity index (χ3n) is 6.89. The van der Waals surface area contributed by atoms with E-state index in [9.17, 15) is 14.7 Å². The third kappa shape index (κ3) is 4.66. The molecule has 36 heavy (non-hydrogen) atoms. The van der Waals surface area contributed by atoms with Gasteiger partial charge in [-0.2, -0.15) is 0 Å². The number of carboxylic acids is 1. The zero-order valence-corrected chi connectivity index (χ0v) is 22.6. The van der Waals surface area contributed by atoms with Crippen LogP contribution >= 0.6 is 22.6 Å². The van der Waals surface area contributed by atoms with Crippen LogP contribution in [-0.4, -0.2) is 37.9 Å². The van der Waals surface area contributed by atoms with Gasteiger partial charge in [-0.3, -0.25) is 19.2 Å². The number of hydrogen-bond acceptors (Lipinski definition) is 5. The summed E-state index contributed by atoms with van der Waals surface area (Å²) < 4.78 is 9.00. The van der Waals surface area contributed by atoms with Crippen LogP contribution in [0.1, 0.15) is 56.1 Å². The lowest BCUT2D eigenvalue weighted by Crippen LogP contribution is -2.26. The lowest BCUT2D eigenvalue weighted by Gasteiger charge is -2.24.